The van der Waals surface area contributed by atoms with Crippen LogP contribution < -0.4 is 35.6 Å². The predicted octanol–water partition coefficient (Wildman–Crippen LogP) is 10.3. The molecule has 8 aromatic carbocycles. The summed E-state index contributed by atoms with van der Waals surface area (Å²) in [4.78, 5) is 46.9. The van der Waals surface area contributed by atoms with E-state index in [0.717, 1.165) is 46.2 Å². The Hall–Kier alpha value is -6.93. The van der Waals surface area contributed by atoms with Crippen molar-refractivity contribution in [2.75, 3.05) is 21.3 Å². The summed E-state index contributed by atoms with van der Waals surface area (Å²) >= 11 is -5.35. The first-order valence-corrected chi connectivity index (χ1v) is 33.7. The normalized spacial score (nSPS) is 15.0. The summed E-state index contributed by atoms with van der Waals surface area (Å²) in [5, 5.41) is 11.6. The van der Waals surface area contributed by atoms with Crippen LogP contribution in [0.25, 0.3) is 33.4 Å². The zero-order chi connectivity index (χ0) is 50.4. The molecule has 2 atom stereocenters. The molecule has 8 nitrogen and oxygen atoms in total. The van der Waals surface area contributed by atoms with Gasteiger partial charge in [0.15, 0.2) is 0 Å². The van der Waals surface area contributed by atoms with E-state index in [9.17, 15) is 19.2 Å². The van der Waals surface area contributed by atoms with E-state index in [1.807, 2.05) is 12.1 Å². The van der Waals surface area contributed by atoms with Gasteiger partial charge in [-0.15, -0.1) is 0 Å². The Morgan fingerprint density at radius 3 is 1.01 bits per heavy atom. The van der Waals surface area contributed by atoms with E-state index in [2.05, 4.69) is 228 Å². The van der Waals surface area contributed by atoms with Gasteiger partial charge in [0.1, 0.15) is 0 Å². The standard InChI is InChI=1S/2C20H15N2O2.4C6H5.Hf.2Sn/c2*23-11-21-18-10-16-15-8-4-3-7-14(15)9-17(16)19(20(18)22-12-24)13-5-1-2-6-13;4*1-2-4-6-5-3-1;;;/h2*1-5,7-12H,6H2,(H,21,23)(H,22,24);4*1-5H;;;. The molecule has 4 amide bonds. The van der Waals surface area contributed by atoms with Crippen LogP contribution in [0.3, 0.4) is 0 Å². The Labute approximate surface area is 470 Å². The van der Waals surface area contributed by atoms with E-state index < -0.39 is 39.5 Å². The molecule has 0 heterocycles. The molecule has 2 radical (unpaired) electrons. The average molecular weight is 1360 g/mol. The number of hydrogen-bond donors (Lipinski definition) is 4. The van der Waals surface area contributed by atoms with Gasteiger partial charge >= 0.3 is 449 Å². The number of amides is 4. The van der Waals surface area contributed by atoms with Crippen LogP contribution in [-0.2, 0) is 45.0 Å². The minimum atomic E-state index is -2.67. The summed E-state index contributed by atoms with van der Waals surface area (Å²) in [5.41, 5.74) is 16.8. The molecule has 0 spiro atoms. The number of carbonyl (C=O) groups is 4. The van der Waals surface area contributed by atoms with Gasteiger partial charge in [-0.3, -0.25) is 0 Å². The van der Waals surface area contributed by atoms with Crippen LogP contribution in [-0.4, -0.2) is 65.2 Å². The predicted molar refractivity (Wildman–Crippen MR) is 305 cm³/mol. The molecule has 8 aromatic rings. The van der Waals surface area contributed by atoms with Crippen LogP contribution in [0.2, 0.25) is 0 Å². The van der Waals surface area contributed by atoms with Gasteiger partial charge in [0.25, 0.3) is 0 Å². The fourth-order valence-electron chi connectivity index (χ4n) is 11.5. The largest absolute Gasteiger partial charge is 0 e. The maximum atomic E-state index is 11.8. The first-order chi connectivity index (χ1) is 36.6. The fourth-order valence-corrected chi connectivity index (χ4v) is 30.1. The minimum Gasteiger partial charge on any atom is 0 e. The molecule has 362 valence electrons. The Balaban J connectivity index is 0.000000169. The monoisotopic (exact) mass is 1360 g/mol. The molecule has 75 heavy (non-hydrogen) atoms. The second-order valence-corrected chi connectivity index (χ2v) is 32.9. The minimum absolute atomic E-state index is 0. The van der Waals surface area contributed by atoms with Gasteiger partial charge in [0.2, 0.25) is 0 Å². The van der Waals surface area contributed by atoms with Crippen LogP contribution in [0.5, 0.6) is 0 Å². The van der Waals surface area contributed by atoms with Gasteiger partial charge in [-0.25, -0.2) is 0 Å². The smallest absolute Gasteiger partial charge is 0 e. The van der Waals surface area contributed by atoms with E-state index in [-0.39, 0.29) is 33.7 Å². The van der Waals surface area contributed by atoms with Gasteiger partial charge in [0.05, 0.1) is 0 Å². The van der Waals surface area contributed by atoms with Gasteiger partial charge in [-0.2, -0.15) is 0 Å². The number of nitrogens with one attached hydrogen (secondary N) is 4. The van der Waals surface area contributed by atoms with E-state index in [0.29, 0.717) is 48.4 Å². The van der Waals surface area contributed by atoms with Crippen molar-refractivity contribution in [1.29, 1.82) is 0 Å². The SMILES string of the molecule is O=CNc1cc2c(c(C3=CC=CC3)c1NC=O)[CH]([Sn]([c]1ccccc1)[c]1ccccc1)c1ccccc1-2.O=CNc1cc2c(c(C3=CC=CC3)c1NC=O)[CH]([Sn]([c]1ccccc1)[c]1ccccc1)c1ccccc1-2.[Hf]. The maximum Gasteiger partial charge on any atom is 0 e. The van der Waals surface area contributed by atoms with E-state index >= 15 is 0 Å². The zero-order valence-corrected chi connectivity index (χ0v) is 50.1. The number of anilines is 4. The van der Waals surface area contributed by atoms with Gasteiger partial charge in [-0.05, 0) is 0 Å². The third-order valence-electron chi connectivity index (χ3n) is 14.4. The van der Waals surface area contributed by atoms with Crippen molar-refractivity contribution in [2.45, 2.75) is 20.7 Å². The molecule has 0 saturated heterocycles. The summed E-state index contributed by atoms with van der Waals surface area (Å²) in [6, 6.07) is 65.1. The first kappa shape index (κ1) is 51.5. The molecular formula is C64H50HfN4O4Sn2. The van der Waals surface area contributed by atoms with Crippen molar-refractivity contribution in [1.82, 2.24) is 0 Å². The molecule has 0 aromatic heterocycles. The summed E-state index contributed by atoms with van der Waals surface area (Å²) in [7, 11) is 0. The van der Waals surface area contributed by atoms with E-state index in [1.54, 1.807) is 0 Å². The maximum absolute atomic E-state index is 11.8. The summed E-state index contributed by atoms with van der Waals surface area (Å²) < 4.78 is 6.10. The fraction of sp³-hybridized carbons (Fsp3) is 0.0625. The van der Waals surface area contributed by atoms with Crippen molar-refractivity contribution >= 4 is 113 Å². The number of benzene rings is 8. The van der Waals surface area contributed by atoms with Crippen LogP contribution >= 0.6 is 0 Å². The zero-order valence-electron chi connectivity index (χ0n) is 40.8. The van der Waals surface area contributed by atoms with Crippen molar-refractivity contribution in [2.24, 2.45) is 0 Å². The third kappa shape index (κ3) is 9.93. The number of rotatable bonds is 16. The number of carbonyl (C=O) groups excluding carboxylic acids is 4. The molecule has 0 saturated carbocycles. The van der Waals surface area contributed by atoms with Gasteiger partial charge in [-0.1, -0.05) is 0 Å². The third-order valence-corrected chi connectivity index (χ3v) is 32.0. The van der Waals surface area contributed by atoms with E-state index in [4.69, 9.17) is 0 Å². The van der Waals surface area contributed by atoms with Gasteiger partial charge < -0.3 is 0 Å². The summed E-state index contributed by atoms with van der Waals surface area (Å²) in [5.74, 6) is 0. The van der Waals surface area contributed by atoms with Crippen LogP contribution in [0.15, 0.2) is 218 Å². The first-order valence-electron chi connectivity index (χ1n) is 24.7. The second kappa shape index (κ2) is 23.7. The van der Waals surface area contributed by atoms with Crippen molar-refractivity contribution in [3.63, 3.8) is 0 Å². The second-order valence-electron chi connectivity index (χ2n) is 18.3. The van der Waals surface area contributed by atoms with Crippen molar-refractivity contribution in [3.8, 4) is 22.3 Å². The molecule has 4 aliphatic carbocycles. The quantitative estimate of drug-likeness (QED) is 0.0570. The Morgan fingerprint density at radius 2 is 0.707 bits per heavy atom. The number of allylic oxidation sites excluding steroid dienone is 8. The molecule has 0 aliphatic heterocycles. The summed E-state index contributed by atoms with van der Waals surface area (Å²) in [6.07, 6.45) is 17.0. The Bertz CT molecular complexity index is 3250. The molecular weight excluding hydrogens is 1300 g/mol. The van der Waals surface area contributed by atoms with Crippen LogP contribution in [0, 0.1) is 0 Å². The molecule has 2 unspecified atom stereocenters. The van der Waals surface area contributed by atoms with E-state index in [1.165, 1.54) is 47.7 Å². The van der Waals surface area contributed by atoms with Crippen LogP contribution in [0.1, 0.15) is 54.1 Å². The Kier molecular flexibility index (Phi) is 16.3. The Morgan fingerprint density at radius 1 is 0.387 bits per heavy atom. The molecule has 4 N–H and O–H groups in total. The van der Waals surface area contributed by atoms with Gasteiger partial charge in [0, 0.05) is 25.8 Å². The molecule has 11 heteroatoms. The summed E-state index contributed by atoms with van der Waals surface area (Å²) in [6.45, 7) is 0. The molecule has 4 aliphatic rings. The molecule has 12 rings (SSSR count). The van der Waals surface area contributed by atoms with Crippen molar-refractivity contribution in [3.05, 3.63) is 252 Å². The number of fused-ring (bicyclic) bond motifs is 6. The number of hydrogen-bond acceptors (Lipinski definition) is 4. The average Bonchev–Trinajstić information content (AvgIpc) is 4.30. The topological polar surface area (TPSA) is 116 Å². The molecule has 0 fully saturated rings. The van der Waals surface area contributed by atoms with Crippen LogP contribution in [0.4, 0.5) is 22.7 Å². The molecule has 0 bridgehead atoms. The van der Waals surface area contributed by atoms with Crippen molar-refractivity contribution < 1.29 is 45.0 Å².